The first-order valence-electron chi connectivity index (χ1n) is 15.3. The summed E-state index contributed by atoms with van der Waals surface area (Å²) in [6, 6.07) is 22.0. The van der Waals surface area contributed by atoms with Crippen LogP contribution in [0.1, 0.15) is 96.1 Å². The average Bonchev–Trinajstić information content (AvgIpc) is 3.49. The van der Waals surface area contributed by atoms with Crippen LogP contribution >= 0.6 is 0 Å². The van der Waals surface area contributed by atoms with E-state index in [-0.39, 0.29) is 16.6 Å². The normalized spacial score (nSPS) is 41.7. The quantitative estimate of drug-likeness (QED) is 0.415. The van der Waals surface area contributed by atoms with Crippen molar-refractivity contribution in [1.82, 2.24) is 0 Å². The van der Waals surface area contributed by atoms with Crippen LogP contribution in [0, 0.1) is 34.5 Å². The van der Waals surface area contributed by atoms with Crippen LogP contribution < -0.4 is 0 Å². The van der Waals surface area contributed by atoms with Crippen LogP contribution in [-0.4, -0.2) is 11.4 Å². The minimum atomic E-state index is -0.366. The van der Waals surface area contributed by atoms with Gasteiger partial charge < -0.3 is 4.74 Å². The van der Waals surface area contributed by atoms with Crippen LogP contribution in [0.2, 0.25) is 0 Å². The minimum absolute atomic E-state index is 0.122. The van der Waals surface area contributed by atoms with Crippen molar-refractivity contribution in [3.63, 3.8) is 0 Å². The maximum absolute atomic E-state index is 12.2. The molecule has 1 saturated heterocycles. The molecule has 200 valence electrons. The van der Waals surface area contributed by atoms with E-state index in [1.807, 2.05) is 6.08 Å². The first-order chi connectivity index (χ1) is 18.3. The molecule has 4 aliphatic carbocycles. The third-order valence-corrected chi connectivity index (χ3v) is 12.6. The van der Waals surface area contributed by atoms with E-state index in [1.165, 1.54) is 48.8 Å². The lowest BCUT2D eigenvalue weighted by atomic mass is 9.46. The zero-order valence-electron chi connectivity index (χ0n) is 23.5. The molecule has 1 heterocycles. The molecule has 1 aliphatic heterocycles. The van der Waals surface area contributed by atoms with E-state index in [2.05, 4.69) is 81.4 Å². The average molecular weight is 509 g/mol. The summed E-state index contributed by atoms with van der Waals surface area (Å²) in [5.74, 6) is 3.28. The first kappa shape index (κ1) is 24.8. The molecule has 0 aromatic heterocycles. The summed E-state index contributed by atoms with van der Waals surface area (Å²) in [6.07, 6.45) is 13.7. The predicted molar refractivity (Wildman–Crippen MR) is 153 cm³/mol. The van der Waals surface area contributed by atoms with Gasteiger partial charge in [-0.15, -0.1) is 0 Å². The Kier molecular flexibility index (Phi) is 5.65. The zero-order chi connectivity index (χ0) is 26.2. The lowest BCUT2D eigenvalue weighted by molar-refractivity contribution is -0.150. The Bertz CT molecular complexity index is 1210. The van der Waals surface area contributed by atoms with Crippen LogP contribution in [0.15, 0.2) is 72.3 Å². The van der Waals surface area contributed by atoms with Crippen molar-refractivity contribution < 1.29 is 9.53 Å². The van der Waals surface area contributed by atoms with E-state index in [1.54, 1.807) is 0 Å². The van der Waals surface area contributed by atoms with E-state index in [0.29, 0.717) is 17.1 Å². The Labute approximate surface area is 229 Å². The molecule has 2 nitrogen and oxygen atoms in total. The van der Waals surface area contributed by atoms with Gasteiger partial charge in [0.05, 0.1) is 5.60 Å². The van der Waals surface area contributed by atoms with E-state index < -0.39 is 0 Å². The second kappa shape index (κ2) is 8.65. The number of hydrogen-bond donors (Lipinski definition) is 0. The summed E-state index contributed by atoms with van der Waals surface area (Å²) in [5, 5.41) is 0. The van der Waals surface area contributed by atoms with E-state index in [9.17, 15) is 4.79 Å². The number of benzene rings is 2. The van der Waals surface area contributed by atoms with Crippen molar-refractivity contribution in [3.05, 3.63) is 83.4 Å². The summed E-state index contributed by atoms with van der Waals surface area (Å²) < 4.78 is 7.51. The molecule has 0 N–H and O–H groups in total. The third-order valence-electron chi connectivity index (χ3n) is 12.6. The van der Waals surface area contributed by atoms with Crippen molar-refractivity contribution in [3.8, 4) is 0 Å². The number of ether oxygens (including phenoxy) is 1. The lowest BCUT2D eigenvalue weighted by Gasteiger charge is -2.59. The van der Waals surface area contributed by atoms with Crippen molar-refractivity contribution in [2.45, 2.75) is 96.2 Å². The second-order valence-electron chi connectivity index (χ2n) is 14.1. The molecule has 4 fully saturated rings. The standard InChI is InChI=1S/C36H44O2/c1-33-20-18-28(37)24-27(33)14-15-29-30-16-17-32(34(30,2)21-19-31(29)33)35(3)22-23-36(38-35,25-10-6-4-7-11-25)26-12-8-5-9-13-26/h4-13,24,29-32H,14-23H2,1-3H3/t29-,30+,31-,32+,33+,34+,35-/m1/s1. The van der Waals surface area contributed by atoms with Gasteiger partial charge in [0.2, 0.25) is 0 Å². The number of hydrogen-bond acceptors (Lipinski definition) is 2. The van der Waals surface area contributed by atoms with Gasteiger partial charge in [0, 0.05) is 6.42 Å². The summed E-state index contributed by atoms with van der Waals surface area (Å²) in [6.45, 7) is 7.61. The predicted octanol–water partition coefficient (Wildman–Crippen LogP) is 8.65. The van der Waals surface area contributed by atoms with Gasteiger partial charge in [-0.2, -0.15) is 0 Å². The molecule has 0 unspecified atom stereocenters. The van der Waals surface area contributed by atoms with Crippen LogP contribution in [0.25, 0.3) is 0 Å². The van der Waals surface area contributed by atoms with Crippen LogP contribution in [0.5, 0.6) is 0 Å². The Morgan fingerprint density at radius 2 is 1.39 bits per heavy atom. The topological polar surface area (TPSA) is 26.3 Å². The van der Waals surface area contributed by atoms with Crippen molar-refractivity contribution >= 4 is 5.78 Å². The van der Waals surface area contributed by atoms with Gasteiger partial charge in [-0.1, -0.05) is 80.1 Å². The summed E-state index contributed by atoms with van der Waals surface area (Å²) in [7, 11) is 0. The highest BCUT2D eigenvalue weighted by Gasteiger charge is 2.64. The van der Waals surface area contributed by atoms with Gasteiger partial charge in [0.15, 0.2) is 5.78 Å². The molecule has 2 aromatic rings. The Balaban J connectivity index is 1.21. The van der Waals surface area contributed by atoms with Gasteiger partial charge in [0.1, 0.15) is 5.60 Å². The fourth-order valence-corrected chi connectivity index (χ4v) is 10.7. The minimum Gasteiger partial charge on any atom is -0.359 e. The third kappa shape index (κ3) is 3.44. The van der Waals surface area contributed by atoms with Gasteiger partial charge in [-0.05, 0) is 116 Å². The van der Waals surface area contributed by atoms with E-state index >= 15 is 0 Å². The molecular formula is C36H44O2. The van der Waals surface area contributed by atoms with Gasteiger partial charge >= 0.3 is 0 Å². The molecular weight excluding hydrogens is 464 g/mol. The summed E-state index contributed by atoms with van der Waals surface area (Å²) in [5.41, 5.74) is 4.17. The SMILES string of the molecule is C[C@]12CC[C@@H]3[C@H](CCC4=CC(=O)CC[C@@]43C)[C@@H]1CC[C@@H]2[C@@]1(C)CCC(c2ccccc2)(c2ccccc2)O1. The molecule has 2 aromatic carbocycles. The molecule has 0 amide bonds. The Morgan fingerprint density at radius 1 is 0.711 bits per heavy atom. The van der Waals surface area contributed by atoms with Crippen molar-refractivity contribution in [2.75, 3.05) is 0 Å². The van der Waals surface area contributed by atoms with E-state index in [0.717, 1.165) is 49.9 Å². The monoisotopic (exact) mass is 508 g/mol. The maximum atomic E-state index is 12.2. The number of carbonyl (C=O) groups excluding carboxylic acids is 1. The smallest absolute Gasteiger partial charge is 0.155 e. The van der Waals surface area contributed by atoms with Gasteiger partial charge in [-0.25, -0.2) is 0 Å². The molecule has 38 heavy (non-hydrogen) atoms. The molecule has 7 atom stereocenters. The number of fused-ring (bicyclic) bond motifs is 5. The Morgan fingerprint density at radius 3 is 2.08 bits per heavy atom. The lowest BCUT2D eigenvalue weighted by Crippen LogP contribution is -2.53. The number of allylic oxidation sites excluding steroid dienone is 1. The van der Waals surface area contributed by atoms with Gasteiger partial charge in [-0.3, -0.25) is 4.79 Å². The number of ketones is 1. The highest BCUT2D eigenvalue weighted by Crippen LogP contribution is 2.69. The molecule has 7 rings (SSSR count). The molecule has 0 bridgehead atoms. The summed E-state index contributed by atoms with van der Waals surface area (Å²) >= 11 is 0. The number of rotatable bonds is 3. The maximum Gasteiger partial charge on any atom is 0.155 e. The van der Waals surface area contributed by atoms with Crippen LogP contribution in [0.4, 0.5) is 0 Å². The summed E-state index contributed by atoms with van der Waals surface area (Å²) in [4.78, 5) is 12.2. The van der Waals surface area contributed by atoms with E-state index in [4.69, 9.17) is 4.74 Å². The highest BCUT2D eigenvalue weighted by molar-refractivity contribution is 5.91. The van der Waals surface area contributed by atoms with Crippen molar-refractivity contribution in [2.24, 2.45) is 34.5 Å². The second-order valence-corrected chi connectivity index (χ2v) is 14.1. The fraction of sp³-hybridized carbons (Fsp3) is 0.583. The van der Waals surface area contributed by atoms with Crippen LogP contribution in [-0.2, 0) is 15.1 Å². The van der Waals surface area contributed by atoms with Gasteiger partial charge in [0.25, 0.3) is 0 Å². The van der Waals surface area contributed by atoms with Crippen LogP contribution in [0.3, 0.4) is 0 Å². The Hall–Kier alpha value is -2.19. The molecule has 2 heteroatoms. The van der Waals surface area contributed by atoms with Crippen molar-refractivity contribution in [1.29, 1.82) is 0 Å². The molecule has 0 radical (unpaired) electrons. The molecule has 3 saturated carbocycles. The highest BCUT2D eigenvalue weighted by atomic mass is 16.5. The molecule has 0 spiro atoms. The first-order valence-corrected chi connectivity index (χ1v) is 15.3. The largest absolute Gasteiger partial charge is 0.359 e. The number of carbonyl (C=O) groups is 1. The fourth-order valence-electron chi connectivity index (χ4n) is 10.7. The zero-order valence-corrected chi connectivity index (χ0v) is 23.5. The molecule has 5 aliphatic rings.